The molecule has 1 aromatic carbocycles. The summed E-state index contributed by atoms with van der Waals surface area (Å²) in [5, 5.41) is 3.73. The Bertz CT molecular complexity index is 434. The first-order valence-corrected chi connectivity index (χ1v) is 9.01. The maximum absolute atomic E-state index is 13.6. The molecule has 0 heterocycles. The highest BCUT2D eigenvalue weighted by Crippen LogP contribution is 2.40. The molecule has 1 saturated carbocycles. The van der Waals surface area contributed by atoms with E-state index in [2.05, 4.69) is 41.2 Å². The molecule has 3 heteroatoms. The van der Waals surface area contributed by atoms with Crippen molar-refractivity contribution < 1.29 is 4.39 Å². The van der Waals surface area contributed by atoms with Crippen molar-refractivity contribution >= 4 is 15.9 Å². The summed E-state index contributed by atoms with van der Waals surface area (Å²) in [5.74, 6) is -0.151. The van der Waals surface area contributed by atoms with Gasteiger partial charge in [-0.2, -0.15) is 0 Å². The molecule has 118 valence electrons. The van der Waals surface area contributed by atoms with Crippen LogP contribution >= 0.6 is 15.9 Å². The molecule has 0 spiro atoms. The lowest BCUT2D eigenvalue weighted by Gasteiger charge is -2.41. The van der Waals surface area contributed by atoms with Crippen LogP contribution in [-0.2, 0) is 6.42 Å². The smallest absolute Gasteiger partial charge is 0.124 e. The van der Waals surface area contributed by atoms with E-state index < -0.39 is 0 Å². The molecule has 1 aliphatic rings. The first-order valence-electron chi connectivity index (χ1n) is 8.22. The molecule has 1 fully saturated rings. The maximum atomic E-state index is 13.6. The lowest BCUT2D eigenvalue weighted by atomic mass is 9.69. The molecule has 1 unspecified atom stereocenters. The van der Waals surface area contributed by atoms with Crippen LogP contribution in [0.5, 0.6) is 0 Å². The van der Waals surface area contributed by atoms with Crippen LogP contribution in [-0.4, -0.2) is 12.6 Å². The van der Waals surface area contributed by atoms with E-state index in [1.807, 2.05) is 0 Å². The van der Waals surface area contributed by atoms with E-state index in [1.165, 1.54) is 38.2 Å². The lowest BCUT2D eigenvalue weighted by molar-refractivity contribution is 0.143. The van der Waals surface area contributed by atoms with Crippen LogP contribution in [0.2, 0.25) is 0 Å². The van der Waals surface area contributed by atoms with Gasteiger partial charge in [0, 0.05) is 10.5 Å². The number of halogens is 2. The van der Waals surface area contributed by atoms with Gasteiger partial charge in [-0.25, -0.2) is 4.39 Å². The fraction of sp³-hybridized carbons (Fsp3) is 0.667. The average molecular weight is 356 g/mol. The highest BCUT2D eigenvalue weighted by molar-refractivity contribution is 9.10. The minimum atomic E-state index is -0.151. The second kappa shape index (κ2) is 7.73. The Hall–Kier alpha value is -0.410. The van der Waals surface area contributed by atoms with E-state index in [0.717, 1.165) is 29.4 Å². The molecule has 21 heavy (non-hydrogen) atoms. The van der Waals surface area contributed by atoms with Crippen LogP contribution in [0.25, 0.3) is 0 Å². The van der Waals surface area contributed by atoms with Gasteiger partial charge in [0.1, 0.15) is 5.82 Å². The van der Waals surface area contributed by atoms with Crippen LogP contribution in [0, 0.1) is 11.2 Å². The number of hydrogen-bond acceptors (Lipinski definition) is 1. The molecule has 0 saturated heterocycles. The monoisotopic (exact) mass is 355 g/mol. The van der Waals surface area contributed by atoms with Gasteiger partial charge in [-0.15, -0.1) is 0 Å². The third-order valence-electron chi connectivity index (χ3n) is 4.84. The topological polar surface area (TPSA) is 12.0 Å². The van der Waals surface area contributed by atoms with Crippen LogP contribution in [0.15, 0.2) is 22.7 Å². The van der Waals surface area contributed by atoms with Gasteiger partial charge < -0.3 is 5.32 Å². The predicted molar refractivity (Wildman–Crippen MR) is 91.1 cm³/mol. The third kappa shape index (κ3) is 4.79. The van der Waals surface area contributed by atoms with Gasteiger partial charge in [0.2, 0.25) is 0 Å². The van der Waals surface area contributed by atoms with E-state index >= 15 is 0 Å². The van der Waals surface area contributed by atoms with Gasteiger partial charge in [-0.1, -0.05) is 49.0 Å². The summed E-state index contributed by atoms with van der Waals surface area (Å²) in [4.78, 5) is 0. The van der Waals surface area contributed by atoms with Crippen LogP contribution < -0.4 is 5.32 Å². The van der Waals surface area contributed by atoms with Crippen LogP contribution in [0.3, 0.4) is 0 Å². The van der Waals surface area contributed by atoms with Gasteiger partial charge in [-0.05, 0) is 61.4 Å². The quantitative estimate of drug-likeness (QED) is 0.713. The average Bonchev–Trinajstić information content (AvgIpc) is 2.43. The van der Waals surface area contributed by atoms with Crippen molar-refractivity contribution in [2.75, 3.05) is 6.54 Å². The second-order valence-electron chi connectivity index (χ2n) is 6.70. The van der Waals surface area contributed by atoms with Gasteiger partial charge in [-0.3, -0.25) is 0 Å². The molecular weight excluding hydrogens is 329 g/mol. The largest absolute Gasteiger partial charge is 0.313 e. The summed E-state index contributed by atoms with van der Waals surface area (Å²) in [6.45, 7) is 5.65. The number of benzene rings is 1. The Morgan fingerprint density at radius 2 is 1.95 bits per heavy atom. The van der Waals surface area contributed by atoms with Crippen molar-refractivity contribution in [2.45, 2.75) is 64.8 Å². The molecule has 1 nitrogen and oxygen atoms in total. The molecule has 0 bridgehead atoms. The third-order valence-corrected chi connectivity index (χ3v) is 5.30. The highest BCUT2D eigenvalue weighted by atomic mass is 79.9. The van der Waals surface area contributed by atoms with Crippen LogP contribution in [0.1, 0.15) is 57.9 Å². The molecule has 0 aliphatic heterocycles. The SMILES string of the molecule is CCCNC(Cc1cc(F)cc(Br)c1)C1(C)CCCCC1. The minimum absolute atomic E-state index is 0.151. The van der Waals surface area contributed by atoms with E-state index in [-0.39, 0.29) is 5.82 Å². The van der Waals surface area contributed by atoms with Gasteiger partial charge in [0.25, 0.3) is 0 Å². The first kappa shape index (κ1) is 17.0. The second-order valence-corrected chi connectivity index (χ2v) is 7.62. The summed E-state index contributed by atoms with van der Waals surface area (Å²) in [5.41, 5.74) is 1.42. The fourth-order valence-corrected chi connectivity index (χ4v) is 4.07. The van der Waals surface area contributed by atoms with Crippen molar-refractivity contribution in [3.63, 3.8) is 0 Å². The standard InChI is InChI=1S/C18H27BrFN/c1-3-9-21-17(18(2)7-5-4-6-8-18)12-14-10-15(19)13-16(20)11-14/h10-11,13,17,21H,3-9,12H2,1-2H3. The van der Waals surface area contributed by atoms with E-state index in [1.54, 1.807) is 6.07 Å². The van der Waals surface area contributed by atoms with Gasteiger partial charge >= 0.3 is 0 Å². The van der Waals surface area contributed by atoms with Crippen molar-refractivity contribution in [3.8, 4) is 0 Å². The molecule has 0 aromatic heterocycles. The van der Waals surface area contributed by atoms with Gasteiger partial charge in [0.15, 0.2) is 0 Å². The van der Waals surface area contributed by atoms with Gasteiger partial charge in [0.05, 0.1) is 0 Å². The van der Waals surface area contributed by atoms with Crippen LogP contribution in [0.4, 0.5) is 4.39 Å². The Kier molecular flexibility index (Phi) is 6.24. The Morgan fingerprint density at radius 3 is 2.57 bits per heavy atom. The Labute approximate surface area is 136 Å². The zero-order chi connectivity index (χ0) is 15.3. The van der Waals surface area contributed by atoms with Crippen molar-refractivity contribution in [1.82, 2.24) is 5.32 Å². The number of nitrogens with one attached hydrogen (secondary N) is 1. The molecule has 1 N–H and O–H groups in total. The minimum Gasteiger partial charge on any atom is -0.313 e. The highest BCUT2D eigenvalue weighted by Gasteiger charge is 2.35. The van der Waals surface area contributed by atoms with Crippen molar-refractivity contribution in [3.05, 3.63) is 34.1 Å². The Balaban J connectivity index is 2.15. The van der Waals surface area contributed by atoms with E-state index in [4.69, 9.17) is 0 Å². The molecule has 0 radical (unpaired) electrons. The van der Waals surface area contributed by atoms with Crippen molar-refractivity contribution in [1.29, 1.82) is 0 Å². The van der Waals surface area contributed by atoms with E-state index in [9.17, 15) is 4.39 Å². The van der Waals surface area contributed by atoms with E-state index in [0.29, 0.717) is 11.5 Å². The zero-order valence-electron chi connectivity index (χ0n) is 13.2. The number of rotatable bonds is 6. The summed E-state index contributed by atoms with van der Waals surface area (Å²) >= 11 is 3.40. The summed E-state index contributed by atoms with van der Waals surface area (Å²) in [6.07, 6.45) is 8.63. The maximum Gasteiger partial charge on any atom is 0.124 e. The summed E-state index contributed by atoms with van der Waals surface area (Å²) in [7, 11) is 0. The molecular formula is C18H27BrFN. The predicted octanol–water partition coefficient (Wildman–Crippen LogP) is 5.47. The summed E-state index contributed by atoms with van der Waals surface area (Å²) < 4.78 is 14.5. The fourth-order valence-electron chi connectivity index (χ4n) is 3.56. The molecule has 2 rings (SSSR count). The normalized spacial score (nSPS) is 19.4. The van der Waals surface area contributed by atoms with Crippen molar-refractivity contribution in [2.24, 2.45) is 5.41 Å². The number of hydrogen-bond donors (Lipinski definition) is 1. The summed E-state index contributed by atoms with van der Waals surface area (Å²) in [6, 6.07) is 5.69. The molecule has 1 aromatic rings. The lowest BCUT2D eigenvalue weighted by Crippen LogP contribution is -2.46. The molecule has 1 atom stereocenters. The molecule has 0 amide bonds. The first-order chi connectivity index (χ1) is 10.0. The molecule has 1 aliphatic carbocycles. The zero-order valence-corrected chi connectivity index (χ0v) is 14.8. The Morgan fingerprint density at radius 1 is 1.24 bits per heavy atom.